The molecule has 0 saturated heterocycles. The van der Waals surface area contributed by atoms with E-state index in [1.165, 1.54) is 51.4 Å². The Kier molecular flexibility index (Phi) is 18.8. The molecule has 1 aromatic carbocycles. The van der Waals surface area contributed by atoms with Crippen LogP contribution >= 0.6 is 7.82 Å². The molecule has 2 atom stereocenters. The van der Waals surface area contributed by atoms with E-state index in [0.717, 1.165) is 43.4 Å². The first-order valence-corrected chi connectivity index (χ1v) is 17.1. The molecule has 0 aliphatic heterocycles. The second kappa shape index (κ2) is 22.1. The van der Waals surface area contributed by atoms with Crippen molar-refractivity contribution in [3.8, 4) is 5.75 Å². The van der Waals surface area contributed by atoms with E-state index in [-0.39, 0.29) is 12.5 Å². The minimum absolute atomic E-state index is 0.157. The standard InChI is InChI=1S/C33H51N2O6P/c1-2-3-4-5-6-7-8-9-10-11-12-13-14-15-16-20-33(36)35-31(28-41-42(37,38)39)26-29-21-23-32(24-22-29)40-27-30-19-17-18-25-34-30/h9-10,17-19,21-25,31H,2-8,11-16,20,26-28H2,1H3,(H,35,36)(H2,37,38,39)/p-1. The highest BCUT2D eigenvalue weighted by molar-refractivity contribution is 7.44. The summed E-state index contributed by atoms with van der Waals surface area (Å²) >= 11 is 0. The van der Waals surface area contributed by atoms with E-state index in [2.05, 4.69) is 33.9 Å². The second-order valence-corrected chi connectivity index (χ2v) is 12.0. The van der Waals surface area contributed by atoms with Crippen molar-refractivity contribution in [3.05, 3.63) is 72.1 Å². The fraction of sp³-hybridized carbons (Fsp3) is 0.576. The topological polar surface area (TPSA) is 121 Å². The maximum atomic E-state index is 12.6. The Hall–Kier alpha value is -2.51. The number of unbranched alkanes of at least 4 members (excludes halogenated alkanes) is 11. The Morgan fingerprint density at radius 2 is 1.60 bits per heavy atom. The van der Waals surface area contributed by atoms with Gasteiger partial charge in [-0.2, -0.15) is 0 Å². The number of nitrogens with one attached hydrogen (secondary N) is 1. The lowest BCUT2D eigenvalue weighted by Gasteiger charge is -2.23. The molecule has 0 saturated carbocycles. The van der Waals surface area contributed by atoms with Gasteiger partial charge in [0.25, 0.3) is 7.82 Å². The Balaban J connectivity index is 1.63. The number of hydrogen-bond acceptors (Lipinski definition) is 6. The maximum Gasteiger partial charge on any atom is 0.265 e. The van der Waals surface area contributed by atoms with Crippen molar-refractivity contribution < 1.29 is 28.4 Å². The molecule has 2 rings (SSSR count). The van der Waals surface area contributed by atoms with Gasteiger partial charge in [0.05, 0.1) is 18.3 Å². The number of ether oxygens (including phenoxy) is 1. The molecular formula is C33H50N2O6P-. The van der Waals surface area contributed by atoms with Gasteiger partial charge in [-0.15, -0.1) is 0 Å². The highest BCUT2D eigenvalue weighted by Gasteiger charge is 2.16. The number of benzene rings is 1. The van der Waals surface area contributed by atoms with E-state index < -0.39 is 13.9 Å². The van der Waals surface area contributed by atoms with Crippen LogP contribution in [0.2, 0.25) is 0 Å². The fourth-order valence-electron chi connectivity index (χ4n) is 4.64. The zero-order valence-electron chi connectivity index (χ0n) is 25.3. The van der Waals surface area contributed by atoms with Crippen molar-refractivity contribution in [1.29, 1.82) is 0 Å². The predicted molar refractivity (Wildman–Crippen MR) is 166 cm³/mol. The molecule has 0 radical (unpaired) electrons. The third-order valence-electron chi connectivity index (χ3n) is 6.99. The smallest absolute Gasteiger partial charge is 0.265 e. The molecule has 0 aliphatic carbocycles. The number of nitrogens with zero attached hydrogens (tertiary/aromatic N) is 1. The van der Waals surface area contributed by atoms with Crippen molar-refractivity contribution in [2.45, 2.75) is 116 Å². The molecular weight excluding hydrogens is 551 g/mol. The molecule has 234 valence electrons. The number of hydrogen-bond donors (Lipinski definition) is 2. The average molecular weight is 602 g/mol. The number of pyridine rings is 1. The number of phosphoric acid groups is 1. The molecule has 2 N–H and O–H groups in total. The van der Waals surface area contributed by atoms with Crippen LogP contribution < -0.4 is 14.9 Å². The van der Waals surface area contributed by atoms with Crippen LogP contribution in [0.1, 0.15) is 108 Å². The molecule has 8 nitrogen and oxygen atoms in total. The predicted octanol–water partition coefficient (Wildman–Crippen LogP) is 7.20. The van der Waals surface area contributed by atoms with Crippen LogP contribution in [-0.4, -0.2) is 28.4 Å². The monoisotopic (exact) mass is 601 g/mol. The van der Waals surface area contributed by atoms with Crippen LogP contribution in [0.4, 0.5) is 0 Å². The van der Waals surface area contributed by atoms with Gasteiger partial charge in [-0.1, -0.05) is 88.6 Å². The molecule has 9 heteroatoms. The number of aromatic nitrogens is 1. The van der Waals surface area contributed by atoms with Gasteiger partial charge in [0.15, 0.2) is 0 Å². The fourth-order valence-corrected chi connectivity index (χ4v) is 5.01. The van der Waals surface area contributed by atoms with E-state index in [0.29, 0.717) is 25.2 Å². The lowest BCUT2D eigenvalue weighted by molar-refractivity contribution is -0.220. The number of rotatable bonds is 24. The summed E-state index contributed by atoms with van der Waals surface area (Å²) in [5, 5.41) is 2.87. The Morgan fingerprint density at radius 3 is 2.21 bits per heavy atom. The molecule has 1 amide bonds. The van der Waals surface area contributed by atoms with Gasteiger partial charge in [0.2, 0.25) is 5.91 Å². The molecule has 2 aromatic rings. The van der Waals surface area contributed by atoms with Crippen molar-refractivity contribution >= 4 is 13.7 Å². The first-order valence-electron chi connectivity index (χ1n) is 15.6. The van der Waals surface area contributed by atoms with Crippen molar-refractivity contribution in [3.63, 3.8) is 0 Å². The Morgan fingerprint density at radius 1 is 0.952 bits per heavy atom. The van der Waals surface area contributed by atoms with Gasteiger partial charge in [-0.05, 0) is 68.4 Å². The van der Waals surface area contributed by atoms with Crippen LogP contribution in [0.5, 0.6) is 5.75 Å². The van der Waals surface area contributed by atoms with Gasteiger partial charge in [-0.3, -0.25) is 14.3 Å². The summed E-state index contributed by atoms with van der Waals surface area (Å²) in [6.07, 6.45) is 22.5. The molecule has 0 spiro atoms. The van der Waals surface area contributed by atoms with E-state index in [1.807, 2.05) is 42.5 Å². The highest BCUT2D eigenvalue weighted by atomic mass is 31.2. The lowest BCUT2D eigenvalue weighted by atomic mass is 10.1. The van der Waals surface area contributed by atoms with Crippen LogP contribution in [0.3, 0.4) is 0 Å². The summed E-state index contributed by atoms with van der Waals surface area (Å²) in [4.78, 5) is 37.0. The van der Waals surface area contributed by atoms with Gasteiger partial charge in [0, 0.05) is 12.6 Å². The number of carbonyl (C=O) groups excluding carboxylic acids is 1. The number of allylic oxidation sites excluding steroid dienone is 2. The van der Waals surface area contributed by atoms with Gasteiger partial charge in [-0.25, -0.2) is 0 Å². The number of amides is 1. The Bertz CT molecular complexity index is 1040. The van der Waals surface area contributed by atoms with Crippen LogP contribution in [0.15, 0.2) is 60.8 Å². The summed E-state index contributed by atoms with van der Waals surface area (Å²) in [5.41, 5.74) is 1.69. The molecule has 0 bridgehead atoms. The molecule has 0 aliphatic rings. The molecule has 1 aromatic heterocycles. The first kappa shape index (κ1) is 35.7. The first-order chi connectivity index (χ1) is 20.4. The Labute approximate surface area is 252 Å². The molecule has 1 heterocycles. The summed E-state index contributed by atoms with van der Waals surface area (Å²) in [6, 6.07) is 12.4. The van der Waals surface area contributed by atoms with E-state index >= 15 is 0 Å². The highest BCUT2D eigenvalue weighted by Crippen LogP contribution is 2.30. The van der Waals surface area contributed by atoms with Crippen molar-refractivity contribution in [2.24, 2.45) is 0 Å². The SMILES string of the molecule is CCCCCCCCC=CCCCCCCCC(=O)NC(COP(=O)([O-])O)Cc1ccc(OCc2ccccn2)cc1. The zero-order valence-corrected chi connectivity index (χ0v) is 26.1. The van der Waals surface area contributed by atoms with Crippen LogP contribution in [-0.2, 0) is 26.9 Å². The minimum atomic E-state index is -4.90. The summed E-state index contributed by atoms with van der Waals surface area (Å²) < 4.78 is 21.5. The lowest BCUT2D eigenvalue weighted by Crippen LogP contribution is -2.39. The minimum Gasteiger partial charge on any atom is -0.756 e. The van der Waals surface area contributed by atoms with E-state index in [9.17, 15) is 14.3 Å². The van der Waals surface area contributed by atoms with Gasteiger partial charge in [0.1, 0.15) is 12.4 Å². The third kappa shape index (κ3) is 18.8. The quantitative estimate of drug-likeness (QED) is 0.0741. The average Bonchev–Trinajstić information content (AvgIpc) is 2.97. The summed E-state index contributed by atoms with van der Waals surface area (Å²) in [5.74, 6) is 0.514. The third-order valence-corrected chi connectivity index (χ3v) is 7.46. The largest absolute Gasteiger partial charge is 0.756 e. The number of phosphoric ester groups is 1. The van der Waals surface area contributed by atoms with Gasteiger partial charge < -0.3 is 24.4 Å². The van der Waals surface area contributed by atoms with E-state index in [4.69, 9.17) is 9.63 Å². The number of carbonyl (C=O) groups is 1. The summed E-state index contributed by atoms with van der Waals surface area (Å²) in [7, 11) is -4.90. The molecule has 2 unspecified atom stereocenters. The molecule has 42 heavy (non-hydrogen) atoms. The normalized spacial score (nSPS) is 13.6. The van der Waals surface area contributed by atoms with Gasteiger partial charge >= 0.3 is 0 Å². The zero-order chi connectivity index (χ0) is 30.3. The second-order valence-electron chi connectivity index (χ2n) is 10.8. The van der Waals surface area contributed by atoms with Crippen molar-refractivity contribution in [1.82, 2.24) is 10.3 Å². The molecule has 0 fully saturated rings. The maximum absolute atomic E-state index is 12.6. The summed E-state index contributed by atoms with van der Waals surface area (Å²) in [6.45, 7) is 2.25. The van der Waals surface area contributed by atoms with Crippen LogP contribution in [0.25, 0.3) is 0 Å². The van der Waals surface area contributed by atoms with Crippen LogP contribution in [0, 0.1) is 0 Å². The van der Waals surface area contributed by atoms with Crippen molar-refractivity contribution in [2.75, 3.05) is 6.61 Å². The van der Waals surface area contributed by atoms with E-state index in [1.54, 1.807) is 6.20 Å².